The van der Waals surface area contributed by atoms with E-state index < -0.39 is 11.6 Å². The summed E-state index contributed by atoms with van der Waals surface area (Å²) in [5.74, 6) is -0.665. The molecule has 1 aromatic carbocycles. The van der Waals surface area contributed by atoms with E-state index in [-0.39, 0.29) is 11.1 Å². The van der Waals surface area contributed by atoms with Gasteiger partial charge in [-0.25, -0.2) is 8.78 Å². The summed E-state index contributed by atoms with van der Waals surface area (Å²) in [6.07, 6.45) is 0. The number of hydrogen-bond donors (Lipinski definition) is 2. The van der Waals surface area contributed by atoms with E-state index in [1.54, 1.807) is 6.07 Å². The zero-order valence-electron chi connectivity index (χ0n) is 10.5. The minimum absolute atomic E-state index is 0.0908. The van der Waals surface area contributed by atoms with Crippen molar-refractivity contribution in [1.29, 1.82) is 0 Å². The van der Waals surface area contributed by atoms with Crippen molar-refractivity contribution in [1.82, 2.24) is 10.2 Å². The number of nitrogens with zero attached hydrogens (tertiary/aromatic N) is 1. The minimum atomic E-state index is -0.610. The first-order valence-corrected chi connectivity index (χ1v) is 5.65. The second-order valence-corrected chi connectivity index (χ2v) is 5.14. The molecule has 2 aromatic rings. The molecule has 1 heterocycles. The van der Waals surface area contributed by atoms with Crippen LogP contribution in [0.2, 0.25) is 0 Å². The van der Waals surface area contributed by atoms with Crippen LogP contribution >= 0.6 is 0 Å². The minimum Gasteiger partial charge on any atom is -0.364 e. The first-order valence-electron chi connectivity index (χ1n) is 5.65. The molecular formula is C13H15F2N3. The molecule has 2 rings (SSSR count). The molecule has 0 atom stereocenters. The summed E-state index contributed by atoms with van der Waals surface area (Å²) in [6, 6.07) is 5.36. The van der Waals surface area contributed by atoms with Crippen LogP contribution in [0.4, 0.5) is 14.6 Å². The zero-order valence-corrected chi connectivity index (χ0v) is 10.5. The molecule has 0 aliphatic rings. The van der Waals surface area contributed by atoms with Crippen molar-refractivity contribution < 1.29 is 8.78 Å². The molecule has 0 bridgehead atoms. The van der Waals surface area contributed by atoms with Gasteiger partial charge in [0.25, 0.3) is 0 Å². The van der Waals surface area contributed by atoms with Crippen molar-refractivity contribution in [2.45, 2.75) is 26.3 Å². The van der Waals surface area contributed by atoms with Crippen LogP contribution in [0.3, 0.4) is 0 Å². The number of anilines is 1. The fourth-order valence-electron chi connectivity index (χ4n) is 1.65. The van der Waals surface area contributed by atoms with Crippen molar-refractivity contribution in [3.63, 3.8) is 0 Å². The molecule has 0 aliphatic carbocycles. The molecule has 0 aliphatic heterocycles. The lowest BCUT2D eigenvalue weighted by Crippen LogP contribution is -2.26. The number of hydrogen-bond acceptors (Lipinski definition) is 2. The Labute approximate surface area is 104 Å². The molecule has 0 saturated heterocycles. The molecule has 0 spiro atoms. The number of nitrogens with one attached hydrogen (secondary N) is 2. The van der Waals surface area contributed by atoms with Gasteiger partial charge < -0.3 is 5.32 Å². The summed E-state index contributed by atoms with van der Waals surface area (Å²) in [5, 5.41) is 9.75. The molecule has 0 fully saturated rings. The van der Waals surface area contributed by atoms with Crippen LogP contribution in [-0.2, 0) is 0 Å². The van der Waals surface area contributed by atoms with E-state index in [2.05, 4.69) is 15.5 Å². The molecule has 1 aromatic heterocycles. The molecule has 3 nitrogen and oxygen atoms in total. The Hall–Kier alpha value is -1.91. The Morgan fingerprint density at radius 3 is 2.33 bits per heavy atom. The summed E-state index contributed by atoms with van der Waals surface area (Å²) in [7, 11) is 0. The average molecular weight is 251 g/mol. The van der Waals surface area contributed by atoms with Crippen LogP contribution in [0.1, 0.15) is 20.8 Å². The standard InChI is InChI=1S/C13H15F2N3/c1-13(2,3)16-11-7-10(17-18-11)12-8(14)5-4-6-9(12)15/h4-7H,1-3H3,(H2,16,17,18). The molecule has 18 heavy (non-hydrogen) atoms. The van der Waals surface area contributed by atoms with Crippen molar-refractivity contribution in [2.75, 3.05) is 5.32 Å². The summed E-state index contributed by atoms with van der Waals surface area (Å²) >= 11 is 0. The lowest BCUT2D eigenvalue weighted by Gasteiger charge is -2.19. The van der Waals surface area contributed by atoms with Gasteiger partial charge in [0, 0.05) is 11.6 Å². The highest BCUT2D eigenvalue weighted by Crippen LogP contribution is 2.26. The normalized spacial score (nSPS) is 11.6. The highest BCUT2D eigenvalue weighted by atomic mass is 19.1. The predicted octanol–water partition coefficient (Wildman–Crippen LogP) is 3.57. The number of benzene rings is 1. The van der Waals surface area contributed by atoms with Gasteiger partial charge in [0.1, 0.15) is 17.5 Å². The van der Waals surface area contributed by atoms with Crippen molar-refractivity contribution in [3.05, 3.63) is 35.9 Å². The van der Waals surface area contributed by atoms with Gasteiger partial charge in [-0.1, -0.05) is 6.07 Å². The number of rotatable bonds is 2. The predicted molar refractivity (Wildman–Crippen MR) is 67.3 cm³/mol. The van der Waals surface area contributed by atoms with Crippen molar-refractivity contribution in [2.24, 2.45) is 0 Å². The van der Waals surface area contributed by atoms with Gasteiger partial charge in [-0.2, -0.15) is 5.10 Å². The second-order valence-electron chi connectivity index (χ2n) is 5.14. The van der Waals surface area contributed by atoms with Crippen LogP contribution in [0.15, 0.2) is 24.3 Å². The maximum Gasteiger partial charge on any atom is 0.148 e. The summed E-state index contributed by atoms with van der Waals surface area (Å²) in [5.41, 5.74) is 0.0598. The fourth-order valence-corrected chi connectivity index (χ4v) is 1.65. The van der Waals surface area contributed by atoms with Crippen molar-refractivity contribution >= 4 is 5.82 Å². The van der Waals surface area contributed by atoms with E-state index in [1.807, 2.05) is 20.8 Å². The second kappa shape index (κ2) is 4.40. The third-order valence-corrected chi connectivity index (χ3v) is 2.31. The quantitative estimate of drug-likeness (QED) is 0.856. The third-order valence-electron chi connectivity index (χ3n) is 2.31. The summed E-state index contributed by atoms with van der Waals surface area (Å²) in [4.78, 5) is 0. The van der Waals surface area contributed by atoms with Gasteiger partial charge in [-0.15, -0.1) is 0 Å². The van der Waals surface area contributed by atoms with E-state index in [4.69, 9.17) is 0 Å². The number of aromatic amines is 1. The zero-order chi connectivity index (χ0) is 13.3. The molecule has 2 N–H and O–H groups in total. The largest absolute Gasteiger partial charge is 0.364 e. The number of aromatic nitrogens is 2. The average Bonchev–Trinajstić information content (AvgIpc) is 2.63. The Morgan fingerprint density at radius 2 is 1.78 bits per heavy atom. The Morgan fingerprint density at radius 1 is 1.17 bits per heavy atom. The number of H-pyrrole nitrogens is 1. The Balaban J connectivity index is 2.36. The molecule has 0 unspecified atom stereocenters. The highest BCUT2D eigenvalue weighted by Gasteiger charge is 2.16. The molecule has 0 saturated carbocycles. The van der Waals surface area contributed by atoms with Crippen LogP contribution in [0.25, 0.3) is 11.3 Å². The van der Waals surface area contributed by atoms with Gasteiger partial charge in [0.15, 0.2) is 0 Å². The van der Waals surface area contributed by atoms with Gasteiger partial charge in [0.05, 0.1) is 11.3 Å². The summed E-state index contributed by atoms with van der Waals surface area (Å²) in [6.45, 7) is 5.93. The molecular weight excluding hydrogens is 236 g/mol. The summed E-state index contributed by atoms with van der Waals surface area (Å²) < 4.78 is 27.2. The Kier molecular flexibility index (Phi) is 3.07. The van der Waals surface area contributed by atoms with E-state index in [1.165, 1.54) is 18.2 Å². The number of halogens is 2. The topological polar surface area (TPSA) is 40.7 Å². The lowest BCUT2D eigenvalue weighted by atomic mass is 10.1. The molecule has 0 radical (unpaired) electrons. The fraction of sp³-hybridized carbons (Fsp3) is 0.308. The van der Waals surface area contributed by atoms with E-state index in [0.717, 1.165) is 0 Å². The smallest absolute Gasteiger partial charge is 0.148 e. The van der Waals surface area contributed by atoms with E-state index >= 15 is 0 Å². The third kappa shape index (κ3) is 2.67. The molecule has 0 amide bonds. The SMILES string of the molecule is CC(C)(C)Nc1cc(-c2c(F)cccc2F)[nH]n1. The molecule has 5 heteroatoms. The van der Waals surface area contributed by atoms with Gasteiger partial charge in [0.2, 0.25) is 0 Å². The lowest BCUT2D eigenvalue weighted by molar-refractivity contribution is 0.588. The maximum atomic E-state index is 13.6. The van der Waals surface area contributed by atoms with E-state index in [9.17, 15) is 8.78 Å². The van der Waals surface area contributed by atoms with E-state index in [0.29, 0.717) is 11.5 Å². The first kappa shape index (κ1) is 12.5. The van der Waals surface area contributed by atoms with Crippen LogP contribution in [0.5, 0.6) is 0 Å². The van der Waals surface area contributed by atoms with Gasteiger partial charge in [-0.05, 0) is 32.9 Å². The van der Waals surface area contributed by atoms with Crippen LogP contribution < -0.4 is 5.32 Å². The maximum absolute atomic E-state index is 13.6. The van der Waals surface area contributed by atoms with Gasteiger partial charge >= 0.3 is 0 Å². The van der Waals surface area contributed by atoms with Gasteiger partial charge in [-0.3, -0.25) is 5.10 Å². The Bertz CT molecular complexity index is 535. The van der Waals surface area contributed by atoms with Crippen molar-refractivity contribution in [3.8, 4) is 11.3 Å². The highest BCUT2D eigenvalue weighted by molar-refractivity contribution is 5.64. The molecule has 96 valence electrons. The van der Waals surface area contributed by atoms with Crippen LogP contribution in [-0.4, -0.2) is 15.7 Å². The monoisotopic (exact) mass is 251 g/mol. The van der Waals surface area contributed by atoms with Crippen LogP contribution in [0, 0.1) is 11.6 Å². The first-order chi connectivity index (χ1) is 8.37.